The predicted octanol–water partition coefficient (Wildman–Crippen LogP) is -0.567. The third-order valence-corrected chi connectivity index (χ3v) is 3.65. The Labute approximate surface area is 112 Å². The van der Waals surface area contributed by atoms with Crippen LogP contribution in [0.3, 0.4) is 0 Å². The molecule has 102 valence electrons. The molecule has 0 amide bonds. The molecule has 2 aromatic heterocycles. The summed E-state index contributed by atoms with van der Waals surface area (Å²) in [5.41, 5.74) is 1.19. The quantitative estimate of drug-likeness (QED) is 0.506. The molecule has 3 rings (SSSR count). The number of ether oxygens (including phenoxy) is 1. The van der Waals surface area contributed by atoms with Gasteiger partial charge in [0.1, 0.15) is 29.2 Å². The maximum atomic E-state index is 9.76. The van der Waals surface area contributed by atoms with Gasteiger partial charge in [0, 0.05) is 6.42 Å². The lowest BCUT2D eigenvalue weighted by Gasteiger charge is -2.13. The minimum Gasteiger partial charge on any atom is -0.394 e. The number of aromatic nitrogens is 4. The Balaban J connectivity index is 1.98. The zero-order valence-corrected chi connectivity index (χ0v) is 10.7. The van der Waals surface area contributed by atoms with E-state index in [4.69, 9.17) is 15.0 Å². The van der Waals surface area contributed by atoms with E-state index >= 15 is 0 Å². The Hall–Kier alpha value is -1.26. The fourth-order valence-corrected chi connectivity index (χ4v) is 2.54. The first-order valence-corrected chi connectivity index (χ1v) is 6.61. The smallest absolute Gasteiger partial charge is 0.166 e. The van der Waals surface area contributed by atoms with Gasteiger partial charge in [0.2, 0.25) is 0 Å². The largest absolute Gasteiger partial charge is 0.394 e. The van der Waals surface area contributed by atoms with Crippen LogP contribution in [0.2, 0.25) is 0 Å². The molecule has 0 radical (unpaired) electrons. The van der Waals surface area contributed by atoms with E-state index < -0.39 is 18.4 Å². The molecule has 9 heteroatoms. The second-order valence-corrected chi connectivity index (χ2v) is 4.86. The number of nitrogens with two attached hydrogens (primary N) is 1. The maximum absolute atomic E-state index is 9.76. The van der Waals surface area contributed by atoms with Crippen LogP contribution in [0.15, 0.2) is 17.7 Å². The van der Waals surface area contributed by atoms with Crippen LogP contribution < -0.4 is 5.14 Å². The second kappa shape index (κ2) is 5.02. The van der Waals surface area contributed by atoms with Crippen LogP contribution in [0.1, 0.15) is 12.6 Å². The molecular weight excluding hydrogens is 270 g/mol. The third-order valence-electron chi connectivity index (χ3n) is 3.13. The average molecular weight is 283 g/mol. The van der Waals surface area contributed by atoms with Crippen molar-refractivity contribution in [2.45, 2.75) is 29.9 Å². The van der Waals surface area contributed by atoms with Gasteiger partial charge in [0.25, 0.3) is 0 Å². The van der Waals surface area contributed by atoms with E-state index in [-0.39, 0.29) is 6.61 Å². The first-order valence-electron chi connectivity index (χ1n) is 5.73. The Morgan fingerprint density at radius 2 is 2.32 bits per heavy atom. The van der Waals surface area contributed by atoms with Gasteiger partial charge in [-0.15, -0.1) is 0 Å². The van der Waals surface area contributed by atoms with E-state index in [0.29, 0.717) is 22.6 Å². The van der Waals surface area contributed by atoms with Crippen molar-refractivity contribution in [3.05, 3.63) is 12.7 Å². The van der Waals surface area contributed by atoms with Crippen LogP contribution in [-0.4, -0.2) is 48.5 Å². The van der Waals surface area contributed by atoms with Gasteiger partial charge in [-0.3, -0.25) is 9.71 Å². The average Bonchev–Trinajstić information content (AvgIpc) is 3.01. The molecule has 8 nitrogen and oxygen atoms in total. The lowest BCUT2D eigenvalue weighted by molar-refractivity contribution is -0.0432. The molecule has 0 aromatic carbocycles. The van der Waals surface area contributed by atoms with Crippen molar-refractivity contribution in [1.29, 1.82) is 0 Å². The summed E-state index contributed by atoms with van der Waals surface area (Å²) in [5.74, 6) is 0. The zero-order valence-electron chi connectivity index (χ0n) is 9.88. The summed E-state index contributed by atoms with van der Waals surface area (Å²) in [4.78, 5) is 12.4. The fraction of sp³-hybridized carbons (Fsp3) is 0.500. The molecule has 1 fully saturated rings. The molecule has 2 aromatic rings. The fourth-order valence-electron chi connectivity index (χ4n) is 2.18. The van der Waals surface area contributed by atoms with Crippen LogP contribution >= 0.6 is 11.9 Å². The molecule has 3 heterocycles. The molecule has 4 N–H and O–H groups in total. The summed E-state index contributed by atoms with van der Waals surface area (Å²) in [7, 11) is 0. The monoisotopic (exact) mass is 283 g/mol. The minimum atomic E-state index is -0.697. The summed E-state index contributed by atoms with van der Waals surface area (Å²) in [5, 5.41) is 24.9. The number of rotatable bonds is 3. The topological polar surface area (TPSA) is 119 Å². The molecule has 19 heavy (non-hydrogen) atoms. The Bertz CT molecular complexity index is 592. The molecular formula is C10H13N5O3S. The number of aliphatic hydroxyl groups excluding tert-OH is 2. The first kappa shape index (κ1) is 12.8. The molecule has 0 spiro atoms. The number of nitrogens with zero attached hydrogens (tertiary/aromatic N) is 4. The van der Waals surface area contributed by atoms with Gasteiger partial charge in [-0.05, 0) is 11.9 Å². The highest BCUT2D eigenvalue weighted by Gasteiger charge is 2.35. The Kier molecular flexibility index (Phi) is 3.37. The molecule has 1 aliphatic rings. The van der Waals surface area contributed by atoms with E-state index in [9.17, 15) is 5.11 Å². The van der Waals surface area contributed by atoms with Crippen molar-refractivity contribution >= 4 is 23.1 Å². The first-order chi connectivity index (χ1) is 9.24. The van der Waals surface area contributed by atoms with Crippen molar-refractivity contribution < 1.29 is 14.9 Å². The van der Waals surface area contributed by atoms with Gasteiger partial charge >= 0.3 is 0 Å². The normalized spacial score (nSPS) is 27.2. The summed E-state index contributed by atoms with van der Waals surface area (Å²) in [6.45, 7) is -0.219. The lowest BCUT2D eigenvalue weighted by Crippen LogP contribution is -2.24. The van der Waals surface area contributed by atoms with Gasteiger partial charge in [0.15, 0.2) is 5.65 Å². The summed E-state index contributed by atoms with van der Waals surface area (Å²) >= 11 is 1.00. The highest BCUT2D eigenvalue weighted by atomic mass is 32.2. The highest BCUT2D eigenvalue weighted by molar-refractivity contribution is 7.97. The zero-order chi connectivity index (χ0) is 13.4. The number of fused-ring (bicyclic) bond motifs is 1. The number of aliphatic hydroxyl groups is 2. The van der Waals surface area contributed by atoms with Crippen LogP contribution in [0.5, 0.6) is 0 Å². The van der Waals surface area contributed by atoms with Crippen molar-refractivity contribution in [3.63, 3.8) is 0 Å². The van der Waals surface area contributed by atoms with Crippen molar-refractivity contribution in [3.8, 4) is 0 Å². The molecule has 3 atom stereocenters. The number of hydrogen-bond donors (Lipinski definition) is 3. The van der Waals surface area contributed by atoms with E-state index in [0.717, 1.165) is 11.9 Å². The summed E-state index contributed by atoms with van der Waals surface area (Å²) in [6.07, 6.45) is 1.69. The summed E-state index contributed by atoms with van der Waals surface area (Å²) in [6, 6.07) is 0. The number of imidazole rings is 1. The van der Waals surface area contributed by atoms with E-state index in [2.05, 4.69) is 15.0 Å². The van der Waals surface area contributed by atoms with Crippen LogP contribution in [0.4, 0.5) is 0 Å². The van der Waals surface area contributed by atoms with E-state index in [1.54, 1.807) is 10.9 Å². The van der Waals surface area contributed by atoms with Gasteiger partial charge < -0.3 is 14.9 Å². The van der Waals surface area contributed by atoms with E-state index in [1.807, 2.05) is 0 Å². The molecule has 0 unspecified atom stereocenters. The predicted molar refractivity (Wildman–Crippen MR) is 67.0 cm³/mol. The maximum Gasteiger partial charge on any atom is 0.166 e. The van der Waals surface area contributed by atoms with Gasteiger partial charge in [-0.2, -0.15) is 0 Å². The second-order valence-electron chi connectivity index (χ2n) is 4.24. The van der Waals surface area contributed by atoms with Crippen molar-refractivity contribution in [2.75, 3.05) is 6.61 Å². The number of hydrogen-bond acceptors (Lipinski definition) is 8. The van der Waals surface area contributed by atoms with Crippen LogP contribution in [-0.2, 0) is 4.74 Å². The highest BCUT2D eigenvalue weighted by Crippen LogP contribution is 2.31. The van der Waals surface area contributed by atoms with Crippen LogP contribution in [0, 0.1) is 0 Å². The van der Waals surface area contributed by atoms with Gasteiger partial charge in [0.05, 0.1) is 19.0 Å². The minimum absolute atomic E-state index is 0.219. The Morgan fingerprint density at radius 3 is 3.00 bits per heavy atom. The molecule has 0 bridgehead atoms. The standard InChI is InChI=1S/C10H13N5O3S/c11-19-10-8-9(12-3-13-10)15(4-14-8)7-1-5(17)6(2-16)18-7/h3-7,16-17H,1-2,11H2/t5-,6+,7+/m0/s1. The van der Waals surface area contributed by atoms with Crippen molar-refractivity contribution in [1.82, 2.24) is 19.5 Å². The SMILES string of the molecule is NSc1ncnc2c1ncn2[C@H]1C[C@H](O)[C@@H](CO)O1. The molecule has 0 aliphatic carbocycles. The van der Waals surface area contributed by atoms with E-state index in [1.165, 1.54) is 6.33 Å². The Morgan fingerprint density at radius 1 is 1.47 bits per heavy atom. The van der Waals surface area contributed by atoms with Gasteiger partial charge in [-0.1, -0.05) is 0 Å². The molecule has 1 aliphatic heterocycles. The third kappa shape index (κ3) is 2.09. The lowest BCUT2D eigenvalue weighted by atomic mass is 10.2. The van der Waals surface area contributed by atoms with Crippen LogP contribution in [0.25, 0.3) is 11.2 Å². The molecule has 1 saturated heterocycles. The molecule has 0 saturated carbocycles. The van der Waals surface area contributed by atoms with Crippen molar-refractivity contribution in [2.24, 2.45) is 5.14 Å². The van der Waals surface area contributed by atoms with Gasteiger partial charge in [-0.25, -0.2) is 15.0 Å². The summed E-state index contributed by atoms with van der Waals surface area (Å²) < 4.78 is 7.29.